The molecule has 0 saturated carbocycles. The Morgan fingerprint density at radius 2 is 1.90 bits per heavy atom. The van der Waals surface area contributed by atoms with E-state index >= 15 is 0 Å². The van der Waals surface area contributed by atoms with Crippen LogP contribution in [-0.2, 0) is 0 Å². The highest BCUT2D eigenvalue weighted by Crippen LogP contribution is 2.05. The Kier molecular flexibility index (Phi) is 5.64. The Hall–Kier alpha value is -0.0800. The van der Waals surface area contributed by atoms with E-state index in [0.717, 1.165) is 19.3 Å². The Morgan fingerprint density at radius 3 is 2.30 bits per heavy atom. The van der Waals surface area contributed by atoms with Crippen LogP contribution in [0.3, 0.4) is 0 Å². The molecule has 0 aliphatic rings. The molecule has 2 heteroatoms. The van der Waals surface area contributed by atoms with Gasteiger partial charge in [0, 0.05) is 0 Å². The van der Waals surface area contributed by atoms with Crippen molar-refractivity contribution in [2.75, 3.05) is 0 Å². The van der Waals surface area contributed by atoms with Gasteiger partial charge in [0.25, 0.3) is 0 Å². The minimum atomic E-state index is -0.369. The van der Waals surface area contributed by atoms with E-state index in [4.69, 9.17) is 5.11 Å². The summed E-state index contributed by atoms with van der Waals surface area (Å²) in [5.74, 6) is 0. The average Bonchev–Trinajstić information content (AvgIpc) is 1.82. The maximum atomic E-state index is 9.19. The molecule has 0 aliphatic heterocycles. The van der Waals surface area contributed by atoms with Crippen molar-refractivity contribution in [3.05, 3.63) is 0 Å². The fourth-order valence-electron chi connectivity index (χ4n) is 0.951. The monoisotopic (exact) mass is 146 g/mol. The second kappa shape index (κ2) is 5.69. The Balaban J connectivity index is 3.16. The molecule has 0 saturated heterocycles. The minimum Gasteiger partial charge on any atom is -0.393 e. The van der Waals surface area contributed by atoms with Crippen LogP contribution in [0.15, 0.2) is 0 Å². The highest BCUT2D eigenvalue weighted by atomic mass is 16.3. The largest absolute Gasteiger partial charge is 0.393 e. The third-order valence-electron chi connectivity index (χ3n) is 1.50. The van der Waals surface area contributed by atoms with E-state index in [1.165, 1.54) is 0 Å². The van der Waals surface area contributed by atoms with E-state index in [0.29, 0.717) is 6.42 Å². The molecule has 0 aromatic heterocycles. The van der Waals surface area contributed by atoms with Gasteiger partial charge < -0.3 is 10.2 Å². The van der Waals surface area contributed by atoms with Crippen molar-refractivity contribution in [2.45, 2.75) is 51.7 Å². The third-order valence-corrected chi connectivity index (χ3v) is 1.50. The molecule has 0 radical (unpaired) electrons. The summed E-state index contributed by atoms with van der Waals surface area (Å²) < 4.78 is 0. The zero-order chi connectivity index (χ0) is 7.98. The summed E-state index contributed by atoms with van der Waals surface area (Å²) in [6.07, 6.45) is 2.82. The second-order valence-electron chi connectivity index (χ2n) is 2.88. The summed E-state index contributed by atoms with van der Waals surface area (Å²) >= 11 is 0. The highest BCUT2D eigenvalue weighted by Gasteiger charge is 2.05. The van der Waals surface area contributed by atoms with Crippen LogP contribution in [0.5, 0.6) is 0 Å². The van der Waals surface area contributed by atoms with Gasteiger partial charge in [0.1, 0.15) is 0 Å². The van der Waals surface area contributed by atoms with Gasteiger partial charge >= 0.3 is 0 Å². The van der Waals surface area contributed by atoms with E-state index in [2.05, 4.69) is 6.92 Å². The Labute approximate surface area is 62.9 Å². The van der Waals surface area contributed by atoms with Gasteiger partial charge in [0.15, 0.2) is 0 Å². The van der Waals surface area contributed by atoms with Gasteiger partial charge in [0.05, 0.1) is 12.2 Å². The van der Waals surface area contributed by atoms with E-state index in [9.17, 15) is 5.11 Å². The molecule has 0 spiro atoms. The molecule has 0 aliphatic carbocycles. The molecule has 0 unspecified atom stereocenters. The highest BCUT2D eigenvalue weighted by molar-refractivity contribution is 4.58. The summed E-state index contributed by atoms with van der Waals surface area (Å²) in [5.41, 5.74) is 0. The van der Waals surface area contributed by atoms with Crippen LogP contribution >= 0.6 is 0 Å². The molecule has 0 rings (SSSR count). The number of hydrogen-bond acceptors (Lipinski definition) is 2. The van der Waals surface area contributed by atoms with Gasteiger partial charge in [-0.05, 0) is 19.8 Å². The van der Waals surface area contributed by atoms with Crippen molar-refractivity contribution < 1.29 is 10.2 Å². The smallest absolute Gasteiger partial charge is 0.0564 e. The van der Waals surface area contributed by atoms with Gasteiger partial charge in [-0.2, -0.15) is 0 Å². The van der Waals surface area contributed by atoms with Crippen LogP contribution < -0.4 is 0 Å². The molecule has 0 fully saturated rings. The first-order valence-corrected chi connectivity index (χ1v) is 4.03. The molecule has 2 atom stereocenters. The van der Waals surface area contributed by atoms with Crippen LogP contribution in [0.25, 0.3) is 0 Å². The van der Waals surface area contributed by atoms with Crippen molar-refractivity contribution in [3.63, 3.8) is 0 Å². The molecule has 2 nitrogen and oxygen atoms in total. The number of hydrogen-bond donors (Lipinski definition) is 2. The molecular formula is C8H18O2. The van der Waals surface area contributed by atoms with E-state index in [1.807, 2.05) is 0 Å². The van der Waals surface area contributed by atoms with Crippen LogP contribution in [0.4, 0.5) is 0 Å². The third kappa shape index (κ3) is 6.05. The summed E-state index contributed by atoms with van der Waals surface area (Å²) in [7, 11) is 0. The second-order valence-corrected chi connectivity index (χ2v) is 2.88. The fourth-order valence-corrected chi connectivity index (χ4v) is 0.951. The summed E-state index contributed by atoms with van der Waals surface area (Å²) in [6, 6.07) is 0. The molecule has 0 heterocycles. The lowest BCUT2D eigenvalue weighted by molar-refractivity contribution is 0.0838. The predicted molar refractivity (Wildman–Crippen MR) is 41.8 cm³/mol. The van der Waals surface area contributed by atoms with E-state index < -0.39 is 0 Å². The summed E-state index contributed by atoms with van der Waals surface area (Å²) in [5, 5.41) is 18.1. The molecule has 10 heavy (non-hydrogen) atoms. The maximum absolute atomic E-state index is 9.19. The lowest BCUT2D eigenvalue weighted by atomic mass is 10.1. The standard InChI is InChI=1S/C8H18O2/c1-3-4-5-8(10)6-7(2)9/h7-10H,3-6H2,1-2H3/t7-,8+/m1/s1. The summed E-state index contributed by atoms with van der Waals surface area (Å²) in [4.78, 5) is 0. The topological polar surface area (TPSA) is 40.5 Å². The van der Waals surface area contributed by atoms with Crippen LogP contribution in [0.1, 0.15) is 39.5 Å². The molecule has 0 aromatic rings. The Bertz CT molecular complexity index is 71.7. The molecule has 0 aromatic carbocycles. The van der Waals surface area contributed by atoms with Gasteiger partial charge in [-0.25, -0.2) is 0 Å². The first-order chi connectivity index (χ1) is 4.66. The lowest BCUT2D eigenvalue weighted by Gasteiger charge is -2.10. The average molecular weight is 146 g/mol. The quantitative estimate of drug-likeness (QED) is 0.614. The van der Waals surface area contributed by atoms with Crippen molar-refractivity contribution in [1.82, 2.24) is 0 Å². The van der Waals surface area contributed by atoms with Crippen molar-refractivity contribution in [2.24, 2.45) is 0 Å². The van der Waals surface area contributed by atoms with Crippen molar-refractivity contribution in [3.8, 4) is 0 Å². The minimum absolute atomic E-state index is 0.306. The van der Waals surface area contributed by atoms with Gasteiger partial charge in [-0.15, -0.1) is 0 Å². The van der Waals surface area contributed by atoms with Gasteiger partial charge in [-0.1, -0.05) is 19.8 Å². The lowest BCUT2D eigenvalue weighted by Crippen LogP contribution is -2.14. The van der Waals surface area contributed by atoms with E-state index in [-0.39, 0.29) is 12.2 Å². The molecule has 0 amide bonds. The van der Waals surface area contributed by atoms with Crippen molar-refractivity contribution >= 4 is 0 Å². The van der Waals surface area contributed by atoms with Gasteiger partial charge in [-0.3, -0.25) is 0 Å². The predicted octanol–water partition coefficient (Wildman–Crippen LogP) is 1.31. The van der Waals surface area contributed by atoms with Crippen LogP contribution in [0, 0.1) is 0 Å². The first-order valence-electron chi connectivity index (χ1n) is 4.03. The maximum Gasteiger partial charge on any atom is 0.0564 e. The van der Waals surface area contributed by atoms with E-state index in [1.54, 1.807) is 6.92 Å². The number of unbranched alkanes of at least 4 members (excludes halogenated alkanes) is 1. The number of rotatable bonds is 5. The SMILES string of the molecule is CCCC[C@H](O)C[C@@H](C)O. The number of aliphatic hydroxyl groups excluding tert-OH is 2. The Morgan fingerprint density at radius 1 is 1.30 bits per heavy atom. The molecule has 62 valence electrons. The van der Waals surface area contributed by atoms with Crippen LogP contribution in [-0.4, -0.2) is 22.4 Å². The molecule has 2 N–H and O–H groups in total. The fraction of sp³-hybridized carbons (Fsp3) is 1.00. The first kappa shape index (κ1) is 9.92. The number of aliphatic hydroxyl groups is 2. The molecular weight excluding hydrogens is 128 g/mol. The normalized spacial score (nSPS) is 16.8. The van der Waals surface area contributed by atoms with Crippen molar-refractivity contribution in [1.29, 1.82) is 0 Å². The zero-order valence-corrected chi connectivity index (χ0v) is 6.88. The van der Waals surface area contributed by atoms with Gasteiger partial charge in [0.2, 0.25) is 0 Å². The molecule has 0 bridgehead atoms. The summed E-state index contributed by atoms with van der Waals surface area (Å²) in [6.45, 7) is 3.80. The van der Waals surface area contributed by atoms with Crippen LogP contribution in [0.2, 0.25) is 0 Å². The zero-order valence-electron chi connectivity index (χ0n) is 6.88.